The predicted molar refractivity (Wildman–Crippen MR) is 100 cm³/mol. The summed E-state index contributed by atoms with van der Waals surface area (Å²) in [7, 11) is 3.39. The first kappa shape index (κ1) is 18.2. The molecule has 2 fully saturated rings. The van der Waals surface area contributed by atoms with Gasteiger partial charge in [0.2, 0.25) is 11.8 Å². The summed E-state index contributed by atoms with van der Waals surface area (Å²) in [5.41, 5.74) is 1.33. The Morgan fingerprint density at radius 3 is 2.62 bits per heavy atom. The smallest absolute Gasteiger partial charge is 0.319 e. The lowest BCUT2D eigenvalue weighted by Gasteiger charge is -2.19. The molecule has 0 spiro atoms. The first-order chi connectivity index (χ1) is 12.4. The number of hydrogen-bond acceptors (Lipinski definition) is 3. The fourth-order valence-electron chi connectivity index (χ4n) is 3.66. The van der Waals surface area contributed by atoms with Crippen LogP contribution in [0.4, 0.5) is 16.2 Å². The van der Waals surface area contributed by atoms with Gasteiger partial charge in [-0.2, -0.15) is 0 Å². The van der Waals surface area contributed by atoms with Crippen LogP contribution in [0.2, 0.25) is 0 Å². The van der Waals surface area contributed by atoms with Crippen molar-refractivity contribution in [1.29, 1.82) is 0 Å². The molecule has 1 aromatic carbocycles. The fourth-order valence-corrected chi connectivity index (χ4v) is 3.66. The van der Waals surface area contributed by atoms with E-state index in [1.54, 1.807) is 37.2 Å². The number of benzene rings is 1. The van der Waals surface area contributed by atoms with Crippen LogP contribution >= 0.6 is 0 Å². The summed E-state index contributed by atoms with van der Waals surface area (Å²) in [5.74, 6) is -0.427. The Labute approximate surface area is 153 Å². The maximum absolute atomic E-state index is 12.3. The van der Waals surface area contributed by atoms with E-state index >= 15 is 0 Å². The summed E-state index contributed by atoms with van der Waals surface area (Å²) in [6.45, 7) is 0.369. The summed E-state index contributed by atoms with van der Waals surface area (Å²) in [4.78, 5) is 39.7. The van der Waals surface area contributed by atoms with Crippen LogP contribution in [0.25, 0.3) is 0 Å². The number of nitrogens with one attached hydrogen (secondary N) is 2. The molecule has 4 amide bonds. The first-order valence-electron chi connectivity index (χ1n) is 9.13. The molecule has 2 aliphatic rings. The monoisotopic (exact) mass is 358 g/mol. The molecule has 1 atom stereocenters. The lowest BCUT2D eigenvalue weighted by molar-refractivity contribution is -0.133. The van der Waals surface area contributed by atoms with E-state index < -0.39 is 0 Å². The van der Waals surface area contributed by atoms with Gasteiger partial charge in [0.05, 0.1) is 5.92 Å². The highest BCUT2D eigenvalue weighted by atomic mass is 16.2. The first-order valence-corrected chi connectivity index (χ1v) is 9.13. The number of urea groups is 1. The molecule has 1 saturated carbocycles. The van der Waals surface area contributed by atoms with Crippen LogP contribution in [-0.4, -0.2) is 49.4 Å². The molecule has 1 aliphatic carbocycles. The molecule has 1 unspecified atom stereocenters. The van der Waals surface area contributed by atoms with Gasteiger partial charge in [-0.05, 0) is 31.0 Å². The minimum Gasteiger partial charge on any atom is -0.349 e. The average Bonchev–Trinajstić information content (AvgIpc) is 3.23. The zero-order valence-electron chi connectivity index (χ0n) is 15.3. The van der Waals surface area contributed by atoms with Gasteiger partial charge in [-0.3, -0.25) is 9.59 Å². The lowest BCUT2D eigenvalue weighted by atomic mass is 10.1. The van der Waals surface area contributed by atoms with Crippen molar-refractivity contribution in [2.24, 2.45) is 5.92 Å². The number of amides is 4. The molecule has 2 N–H and O–H groups in total. The van der Waals surface area contributed by atoms with Gasteiger partial charge in [0.25, 0.3) is 0 Å². The average molecular weight is 358 g/mol. The second-order valence-corrected chi connectivity index (χ2v) is 7.27. The van der Waals surface area contributed by atoms with Gasteiger partial charge in [-0.15, -0.1) is 0 Å². The van der Waals surface area contributed by atoms with E-state index in [1.807, 2.05) is 6.07 Å². The third kappa shape index (κ3) is 4.15. The maximum Gasteiger partial charge on any atom is 0.319 e. The number of anilines is 2. The number of rotatable bonds is 4. The van der Waals surface area contributed by atoms with Crippen LogP contribution < -0.4 is 15.5 Å². The van der Waals surface area contributed by atoms with E-state index in [0.29, 0.717) is 17.9 Å². The molecule has 7 nitrogen and oxygen atoms in total. The number of carbonyl (C=O) groups is 3. The van der Waals surface area contributed by atoms with Crippen molar-refractivity contribution in [2.45, 2.75) is 38.1 Å². The molecular formula is C19H26N4O3. The third-order valence-electron chi connectivity index (χ3n) is 5.02. The fraction of sp³-hybridized carbons (Fsp3) is 0.526. The molecule has 0 aromatic heterocycles. The standard InChI is InChI=1S/C19H26N4O3/c1-22(2)18(25)13-10-17(24)23(12-13)16-9-5-8-15(11-16)21-19(26)20-14-6-3-4-7-14/h5,8-9,11,13-14H,3-4,6-7,10,12H2,1-2H3,(H2,20,21,26). The zero-order chi connectivity index (χ0) is 18.7. The number of hydrogen-bond donors (Lipinski definition) is 2. The highest BCUT2D eigenvalue weighted by molar-refractivity contribution is 6.01. The van der Waals surface area contributed by atoms with Gasteiger partial charge in [-0.25, -0.2) is 4.79 Å². The van der Waals surface area contributed by atoms with E-state index in [2.05, 4.69) is 10.6 Å². The Hall–Kier alpha value is -2.57. The number of carbonyl (C=O) groups excluding carboxylic acids is 3. The van der Waals surface area contributed by atoms with E-state index in [-0.39, 0.29) is 36.2 Å². The Bertz CT molecular complexity index is 698. The molecule has 1 saturated heterocycles. The summed E-state index contributed by atoms with van der Waals surface area (Å²) in [6.07, 6.45) is 4.58. The highest BCUT2D eigenvalue weighted by Gasteiger charge is 2.35. The summed E-state index contributed by atoms with van der Waals surface area (Å²) >= 11 is 0. The van der Waals surface area contributed by atoms with Crippen LogP contribution in [0.1, 0.15) is 32.1 Å². The van der Waals surface area contributed by atoms with Crippen molar-refractivity contribution in [3.63, 3.8) is 0 Å². The molecule has 3 rings (SSSR count). The summed E-state index contributed by atoms with van der Waals surface area (Å²) in [6, 6.07) is 7.21. The van der Waals surface area contributed by atoms with Crippen LogP contribution in [0.3, 0.4) is 0 Å². The predicted octanol–water partition coefficient (Wildman–Crippen LogP) is 2.19. The second kappa shape index (κ2) is 7.76. The van der Waals surface area contributed by atoms with Crippen molar-refractivity contribution >= 4 is 29.2 Å². The van der Waals surface area contributed by atoms with Crippen molar-refractivity contribution in [1.82, 2.24) is 10.2 Å². The van der Waals surface area contributed by atoms with Gasteiger partial charge < -0.3 is 20.4 Å². The quantitative estimate of drug-likeness (QED) is 0.866. The molecule has 0 bridgehead atoms. The van der Waals surface area contributed by atoms with E-state index in [4.69, 9.17) is 0 Å². The van der Waals surface area contributed by atoms with Gasteiger partial charge in [0.15, 0.2) is 0 Å². The molecular weight excluding hydrogens is 332 g/mol. The van der Waals surface area contributed by atoms with Gasteiger partial charge >= 0.3 is 6.03 Å². The molecule has 140 valence electrons. The van der Waals surface area contributed by atoms with Crippen LogP contribution in [0, 0.1) is 5.92 Å². The Morgan fingerprint density at radius 1 is 1.19 bits per heavy atom. The second-order valence-electron chi connectivity index (χ2n) is 7.27. The lowest BCUT2D eigenvalue weighted by Crippen LogP contribution is -2.36. The summed E-state index contributed by atoms with van der Waals surface area (Å²) < 4.78 is 0. The highest BCUT2D eigenvalue weighted by Crippen LogP contribution is 2.28. The Morgan fingerprint density at radius 2 is 1.92 bits per heavy atom. The van der Waals surface area contributed by atoms with Crippen LogP contribution in [0.5, 0.6) is 0 Å². The SMILES string of the molecule is CN(C)C(=O)C1CC(=O)N(c2cccc(NC(=O)NC3CCCC3)c2)C1. The van der Waals surface area contributed by atoms with Gasteiger partial charge in [-0.1, -0.05) is 18.9 Å². The maximum atomic E-state index is 12.3. The van der Waals surface area contributed by atoms with Crippen molar-refractivity contribution < 1.29 is 14.4 Å². The van der Waals surface area contributed by atoms with Gasteiger partial charge in [0, 0.05) is 44.5 Å². The van der Waals surface area contributed by atoms with Gasteiger partial charge in [0.1, 0.15) is 0 Å². The Kier molecular flexibility index (Phi) is 5.44. The Balaban J connectivity index is 1.64. The molecule has 1 aliphatic heterocycles. The third-order valence-corrected chi connectivity index (χ3v) is 5.02. The topological polar surface area (TPSA) is 81.8 Å². The van der Waals surface area contributed by atoms with Crippen molar-refractivity contribution in [3.05, 3.63) is 24.3 Å². The molecule has 7 heteroatoms. The van der Waals surface area contributed by atoms with Crippen molar-refractivity contribution in [3.8, 4) is 0 Å². The molecule has 1 heterocycles. The van der Waals surface area contributed by atoms with E-state index in [0.717, 1.165) is 25.7 Å². The largest absolute Gasteiger partial charge is 0.349 e. The van der Waals surface area contributed by atoms with E-state index in [1.165, 1.54) is 4.90 Å². The van der Waals surface area contributed by atoms with Crippen LogP contribution in [-0.2, 0) is 9.59 Å². The van der Waals surface area contributed by atoms with Crippen molar-refractivity contribution in [2.75, 3.05) is 30.9 Å². The van der Waals surface area contributed by atoms with Crippen LogP contribution in [0.15, 0.2) is 24.3 Å². The minimum absolute atomic E-state index is 0.0360. The zero-order valence-corrected chi connectivity index (χ0v) is 15.3. The molecule has 1 aromatic rings. The number of nitrogens with zero attached hydrogens (tertiary/aromatic N) is 2. The molecule has 0 radical (unpaired) electrons. The minimum atomic E-state index is -0.320. The van der Waals surface area contributed by atoms with E-state index in [9.17, 15) is 14.4 Å². The molecule has 26 heavy (non-hydrogen) atoms. The summed E-state index contributed by atoms with van der Waals surface area (Å²) in [5, 5.41) is 5.82. The normalized spacial score (nSPS) is 20.3.